The maximum atomic E-state index is 5.50. The summed E-state index contributed by atoms with van der Waals surface area (Å²) in [6.45, 7) is 4.58. The lowest BCUT2D eigenvalue weighted by molar-refractivity contribution is 0.878. The first-order chi connectivity index (χ1) is 7.40. The first-order valence-electron chi connectivity index (χ1n) is 5.19. The van der Waals surface area contributed by atoms with E-state index in [0.717, 1.165) is 11.3 Å². The van der Waals surface area contributed by atoms with Gasteiger partial charge in [0, 0.05) is 18.9 Å². The van der Waals surface area contributed by atoms with E-state index in [1.54, 1.807) is 6.20 Å². The van der Waals surface area contributed by atoms with Crippen LogP contribution in [0.2, 0.25) is 0 Å². The lowest BCUT2D eigenvalue weighted by atomic mass is 10.2. The Bertz CT molecular complexity index is 362. The third kappa shape index (κ3) is 2.92. The van der Waals surface area contributed by atoms with Gasteiger partial charge >= 0.3 is 0 Å². The van der Waals surface area contributed by atoms with Crippen LogP contribution in [0.15, 0.2) is 42.7 Å². The summed E-state index contributed by atoms with van der Waals surface area (Å²) in [6, 6.07) is 9.94. The number of hydrogen-bond donors (Lipinski definition) is 1. The molecule has 0 aliphatic carbocycles. The van der Waals surface area contributed by atoms with Crippen molar-refractivity contribution in [3.05, 3.63) is 48.3 Å². The van der Waals surface area contributed by atoms with Crippen LogP contribution in [0, 0.1) is 0 Å². The largest absolute Gasteiger partial charge is 0.326 e. The minimum atomic E-state index is 0.583. The maximum Gasteiger partial charge on any atom is 0.0645 e. The van der Waals surface area contributed by atoms with E-state index >= 15 is 0 Å². The van der Waals surface area contributed by atoms with Crippen molar-refractivity contribution in [3.8, 4) is 5.69 Å². The molecule has 2 aromatic rings. The molecule has 1 aromatic carbocycles. The zero-order chi connectivity index (χ0) is 11.1. The summed E-state index contributed by atoms with van der Waals surface area (Å²) in [5.41, 5.74) is 7.69. The van der Waals surface area contributed by atoms with E-state index in [1.807, 2.05) is 55.1 Å². The number of nitrogens with zero attached hydrogens (tertiary/aromatic N) is 2. The zero-order valence-electron chi connectivity index (χ0n) is 9.22. The summed E-state index contributed by atoms with van der Waals surface area (Å²) in [6.07, 6.45) is 3.67. The molecule has 0 aliphatic rings. The monoisotopic (exact) mass is 203 g/mol. The van der Waals surface area contributed by atoms with Gasteiger partial charge in [-0.3, -0.25) is 0 Å². The van der Waals surface area contributed by atoms with Gasteiger partial charge in [0.25, 0.3) is 0 Å². The summed E-state index contributed by atoms with van der Waals surface area (Å²) in [5.74, 6) is 0. The Kier molecular flexibility index (Phi) is 4.57. The molecule has 1 aromatic heterocycles. The van der Waals surface area contributed by atoms with E-state index in [9.17, 15) is 0 Å². The van der Waals surface area contributed by atoms with Gasteiger partial charge in [-0.05, 0) is 23.8 Å². The molecule has 0 saturated heterocycles. The van der Waals surface area contributed by atoms with E-state index in [1.165, 1.54) is 0 Å². The fraction of sp³-hybridized carbons (Fsp3) is 0.250. The predicted molar refractivity (Wildman–Crippen MR) is 62.8 cm³/mol. The number of aromatic nitrogens is 2. The Morgan fingerprint density at radius 2 is 1.87 bits per heavy atom. The fourth-order valence-electron chi connectivity index (χ4n) is 1.21. The Balaban J connectivity index is 0.000000531. The summed E-state index contributed by atoms with van der Waals surface area (Å²) < 4.78 is 1.82. The van der Waals surface area contributed by atoms with Crippen LogP contribution in [-0.2, 0) is 6.54 Å². The van der Waals surface area contributed by atoms with Gasteiger partial charge < -0.3 is 5.73 Å². The molecular formula is C12H17N3. The van der Waals surface area contributed by atoms with Crippen LogP contribution in [0.4, 0.5) is 0 Å². The molecule has 2 rings (SSSR count). The van der Waals surface area contributed by atoms with Crippen molar-refractivity contribution in [2.24, 2.45) is 5.73 Å². The molecule has 0 radical (unpaired) electrons. The topological polar surface area (TPSA) is 43.8 Å². The maximum absolute atomic E-state index is 5.50. The van der Waals surface area contributed by atoms with Crippen LogP contribution >= 0.6 is 0 Å². The molecule has 0 fully saturated rings. The van der Waals surface area contributed by atoms with Crippen LogP contribution in [0.25, 0.3) is 5.69 Å². The van der Waals surface area contributed by atoms with Crippen molar-refractivity contribution in [3.63, 3.8) is 0 Å². The third-order valence-corrected chi connectivity index (χ3v) is 1.94. The van der Waals surface area contributed by atoms with Crippen LogP contribution in [0.5, 0.6) is 0 Å². The lowest BCUT2D eigenvalue weighted by Gasteiger charge is -2.01. The molecule has 0 atom stereocenters. The second-order valence-corrected chi connectivity index (χ2v) is 2.82. The third-order valence-electron chi connectivity index (χ3n) is 1.94. The summed E-state index contributed by atoms with van der Waals surface area (Å²) in [5, 5.41) is 4.13. The molecule has 1 heterocycles. The predicted octanol–water partition coefficient (Wildman–Crippen LogP) is 2.36. The molecule has 0 spiro atoms. The van der Waals surface area contributed by atoms with Gasteiger partial charge in [0.15, 0.2) is 0 Å². The number of benzene rings is 1. The number of hydrogen-bond acceptors (Lipinski definition) is 2. The molecular weight excluding hydrogens is 186 g/mol. The fourth-order valence-corrected chi connectivity index (χ4v) is 1.21. The molecule has 2 N–H and O–H groups in total. The van der Waals surface area contributed by atoms with Crippen LogP contribution in [-0.4, -0.2) is 9.78 Å². The first-order valence-corrected chi connectivity index (χ1v) is 5.19. The van der Waals surface area contributed by atoms with Crippen LogP contribution < -0.4 is 5.73 Å². The molecule has 3 heteroatoms. The summed E-state index contributed by atoms with van der Waals surface area (Å²) in [4.78, 5) is 0. The van der Waals surface area contributed by atoms with Gasteiger partial charge in [-0.25, -0.2) is 4.68 Å². The molecule has 0 unspecified atom stereocenters. The summed E-state index contributed by atoms with van der Waals surface area (Å²) in [7, 11) is 0. The molecule has 80 valence electrons. The zero-order valence-corrected chi connectivity index (χ0v) is 9.22. The van der Waals surface area contributed by atoms with Crippen LogP contribution in [0.1, 0.15) is 19.4 Å². The molecule has 0 bridgehead atoms. The van der Waals surface area contributed by atoms with Gasteiger partial charge in [0.2, 0.25) is 0 Å². The standard InChI is InChI=1S/C10H11N3.C2H6/c11-8-9-2-4-10(5-3-9)13-7-1-6-12-13;1-2/h1-7H,8,11H2;1-2H3. The van der Waals surface area contributed by atoms with Crippen molar-refractivity contribution in [1.29, 1.82) is 0 Å². The minimum Gasteiger partial charge on any atom is -0.326 e. The lowest BCUT2D eigenvalue weighted by Crippen LogP contribution is -1.98. The second-order valence-electron chi connectivity index (χ2n) is 2.82. The van der Waals surface area contributed by atoms with Crippen molar-refractivity contribution in [2.45, 2.75) is 20.4 Å². The summed E-state index contributed by atoms with van der Waals surface area (Å²) >= 11 is 0. The van der Waals surface area contributed by atoms with Gasteiger partial charge in [-0.1, -0.05) is 26.0 Å². The molecule has 0 amide bonds. The van der Waals surface area contributed by atoms with E-state index < -0.39 is 0 Å². The Hall–Kier alpha value is -1.61. The molecule has 3 nitrogen and oxygen atoms in total. The van der Waals surface area contributed by atoms with E-state index in [4.69, 9.17) is 5.73 Å². The van der Waals surface area contributed by atoms with Crippen LogP contribution in [0.3, 0.4) is 0 Å². The quantitative estimate of drug-likeness (QED) is 0.814. The van der Waals surface area contributed by atoms with E-state index in [0.29, 0.717) is 6.54 Å². The Morgan fingerprint density at radius 3 is 2.33 bits per heavy atom. The highest BCUT2D eigenvalue weighted by Crippen LogP contribution is 2.07. The van der Waals surface area contributed by atoms with Crippen molar-refractivity contribution >= 4 is 0 Å². The van der Waals surface area contributed by atoms with Gasteiger partial charge in [0.1, 0.15) is 0 Å². The first kappa shape index (κ1) is 11.5. The van der Waals surface area contributed by atoms with Gasteiger partial charge in [-0.15, -0.1) is 0 Å². The van der Waals surface area contributed by atoms with Crippen molar-refractivity contribution in [2.75, 3.05) is 0 Å². The normalized spacial score (nSPS) is 9.27. The SMILES string of the molecule is CC.NCc1ccc(-n2cccn2)cc1. The highest BCUT2D eigenvalue weighted by atomic mass is 15.3. The number of nitrogens with two attached hydrogens (primary N) is 1. The minimum absolute atomic E-state index is 0.583. The molecule has 0 aliphatic heterocycles. The molecule has 0 saturated carbocycles. The molecule has 15 heavy (non-hydrogen) atoms. The number of rotatable bonds is 2. The highest BCUT2D eigenvalue weighted by molar-refractivity contribution is 5.33. The van der Waals surface area contributed by atoms with Gasteiger partial charge in [-0.2, -0.15) is 5.10 Å². The second kappa shape index (κ2) is 5.98. The average Bonchev–Trinajstić information content (AvgIpc) is 2.85. The van der Waals surface area contributed by atoms with Gasteiger partial charge in [0.05, 0.1) is 5.69 Å². The van der Waals surface area contributed by atoms with E-state index in [-0.39, 0.29) is 0 Å². The van der Waals surface area contributed by atoms with E-state index in [2.05, 4.69) is 5.10 Å². The van der Waals surface area contributed by atoms with Crippen molar-refractivity contribution < 1.29 is 0 Å². The Morgan fingerprint density at radius 1 is 1.20 bits per heavy atom. The average molecular weight is 203 g/mol. The smallest absolute Gasteiger partial charge is 0.0645 e. The Labute approximate surface area is 90.5 Å². The highest BCUT2D eigenvalue weighted by Gasteiger charge is 1.94. The van der Waals surface area contributed by atoms with Crippen molar-refractivity contribution in [1.82, 2.24) is 9.78 Å².